The minimum Gasteiger partial charge on any atom is -0.394 e. The van der Waals surface area contributed by atoms with E-state index in [1.54, 1.807) is 12.1 Å². The Morgan fingerprint density at radius 2 is 1.95 bits per heavy atom. The van der Waals surface area contributed by atoms with Crippen molar-refractivity contribution < 1.29 is 20.1 Å². The first-order valence-corrected chi connectivity index (χ1v) is 6.67. The van der Waals surface area contributed by atoms with Gasteiger partial charge in [0.2, 0.25) is 0 Å². The Morgan fingerprint density at radius 1 is 1.25 bits per heavy atom. The maximum Gasteiger partial charge on any atom is 0.163 e. The lowest BCUT2D eigenvalue weighted by Gasteiger charge is -2.23. The molecule has 2 aromatic rings. The second-order valence-electron chi connectivity index (χ2n) is 4.14. The third-order valence-electron chi connectivity index (χ3n) is 2.79. The molecule has 1 aromatic heterocycles. The fourth-order valence-corrected chi connectivity index (χ4v) is 2.18. The Kier molecular flexibility index (Phi) is 5.20. The fourth-order valence-electron chi connectivity index (χ4n) is 1.87. The molecule has 20 heavy (non-hydrogen) atoms. The number of fused-ring (bicyclic) bond motifs is 1. The summed E-state index contributed by atoms with van der Waals surface area (Å²) in [5.41, 5.74) is 1.19. The van der Waals surface area contributed by atoms with Crippen molar-refractivity contribution in [3.05, 3.63) is 28.5 Å². The van der Waals surface area contributed by atoms with E-state index < -0.39 is 18.9 Å². The van der Waals surface area contributed by atoms with Crippen molar-refractivity contribution in [2.24, 2.45) is 0 Å². The summed E-state index contributed by atoms with van der Waals surface area (Å²) in [4.78, 5) is 4.15. The molecule has 8 heteroatoms. The van der Waals surface area contributed by atoms with Crippen LogP contribution in [0.1, 0.15) is 6.23 Å². The molecular formula is C12H14Cl2N2O4. The average molecular weight is 321 g/mol. The Bertz CT molecular complexity index is 590. The van der Waals surface area contributed by atoms with Gasteiger partial charge in [-0.15, -0.1) is 0 Å². The molecule has 0 fully saturated rings. The molecule has 0 aliphatic heterocycles. The van der Waals surface area contributed by atoms with Crippen molar-refractivity contribution in [1.29, 1.82) is 0 Å². The molecule has 1 aromatic carbocycles. The number of ether oxygens (including phenoxy) is 1. The van der Waals surface area contributed by atoms with Gasteiger partial charge in [-0.05, 0) is 12.1 Å². The van der Waals surface area contributed by atoms with E-state index in [1.807, 2.05) is 0 Å². The zero-order valence-electron chi connectivity index (χ0n) is 10.4. The Balaban J connectivity index is 2.44. The van der Waals surface area contributed by atoms with Crippen LogP contribution in [0.4, 0.5) is 0 Å². The molecule has 0 unspecified atom stereocenters. The van der Waals surface area contributed by atoms with E-state index in [-0.39, 0.29) is 13.2 Å². The van der Waals surface area contributed by atoms with Crippen molar-refractivity contribution in [3.8, 4) is 0 Å². The molecule has 0 spiro atoms. The van der Waals surface area contributed by atoms with Crippen LogP contribution in [0.2, 0.25) is 10.0 Å². The van der Waals surface area contributed by atoms with Crippen LogP contribution < -0.4 is 0 Å². The summed E-state index contributed by atoms with van der Waals surface area (Å²) in [6.45, 7) is -0.673. The number of hydrogen-bond donors (Lipinski definition) is 3. The van der Waals surface area contributed by atoms with Crippen molar-refractivity contribution in [3.63, 3.8) is 0 Å². The first kappa shape index (κ1) is 15.5. The topological polar surface area (TPSA) is 87.7 Å². The molecule has 2 atom stereocenters. The van der Waals surface area contributed by atoms with E-state index in [0.717, 1.165) is 0 Å². The summed E-state index contributed by atoms with van der Waals surface area (Å²) >= 11 is 11.9. The first-order chi connectivity index (χ1) is 9.58. The highest BCUT2D eigenvalue weighted by molar-refractivity contribution is 6.42. The second kappa shape index (κ2) is 6.71. The Labute approximate surface area is 125 Å². The van der Waals surface area contributed by atoms with Crippen molar-refractivity contribution >= 4 is 34.2 Å². The van der Waals surface area contributed by atoms with E-state index in [1.165, 1.54) is 10.9 Å². The smallest absolute Gasteiger partial charge is 0.163 e. The number of imidazole rings is 1. The zero-order chi connectivity index (χ0) is 14.7. The summed E-state index contributed by atoms with van der Waals surface area (Å²) < 4.78 is 6.89. The van der Waals surface area contributed by atoms with E-state index in [4.69, 9.17) is 38.2 Å². The van der Waals surface area contributed by atoms with Gasteiger partial charge in [0, 0.05) is 0 Å². The lowest BCUT2D eigenvalue weighted by molar-refractivity contribution is -0.102. The number of benzene rings is 1. The van der Waals surface area contributed by atoms with Gasteiger partial charge in [0.1, 0.15) is 6.10 Å². The minimum absolute atomic E-state index is 0.0166. The minimum atomic E-state index is -1.16. The molecule has 6 nitrogen and oxygen atoms in total. The van der Waals surface area contributed by atoms with Crippen LogP contribution in [0.15, 0.2) is 18.5 Å². The summed E-state index contributed by atoms with van der Waals surface area (Å²) in [7, 11) is 0. The molecule has 0 radical (unpaired) electrons. The number of halogens is 2. The number of aliphatic hydroxyl groups is 3. The van der Waals surface area contributed by atoms with E-state index in [2.05, 4.69) is 4.98 Å². The maximum atomic E-state index is 9.84. The highest BCUT2D eigenvalue weighted by Gasteiger charge is 2.23. The third kappa shape index (κ3) is 3.06. The van der Waals surface area contributed by atoms with Gasteiger partial charge >= 0.3 is 0 Å². The predicted octanol–water partition coefficient (Wildman–Crippen LogP) is 1.20. The molecule has 0 saturated heterocycles. The van der Waals surface area contributed by atoms with Crippen LogP contribution >= 0.6 is 23.2 Å². The van der Waals surface area contributed by atoms with Gasteiger partial charge in [0.05, 0.1) is 47.2 Å². The second-order valence-corrected chi connectivity index (χ2v) is 4.96. The predicted molar refractivity (Wildman–Crippen MR) is 74.9 cm³/mol. The van der Waals surface area contributed by atoms with E-state index in [9.17, 15) is 5.11 Å². The SMILES string of the molecule is OCCO[C@H]([C@H](O)CO)n1cnc2cc(Cl)c(Cl)cc21. The van der Waals surface area contributed by atoms with Crippen LogP contribution in [0, 0.1) is 0 Å². The molecule has 0 saturated carbocycles. The number of aromatic nitrogens is 2. The first-order valence-electron chi connectivity index (χ1n) is 5.91. The van der Waals surface area contributed by atoms with Crippen LogP contribution in [-0.2, 0) is 4.74 Å². The highest BCUT2D eigenvalue weighted by atomic mass is 35.5. The molecule has 110 valence electrons. The van der Waals surface area contributed by atoms with Gasteiger partial charge in [-0.2, -0.15) is 0 Å². The summed E-state index contributed by atoms with van der Waals surface area (Å²) in [6, 6.07) is 3.20. The van der Waals surface area contributed by atoms with Crippen LogP contribution in [0.3, 0.4) is 0 Å². The van der Waals surface area contributed by atoms with Gasteiger partial charge in [-0.3, -0.25) is 0 Å². The average Bonchev–Trinajstić information content (AvgIpc) is 2.82. The van der Waals surface area contributed by atoms with Gasteiger partial charge < -0.3 is 24.6 Å². The van der Waals surface area contributed by atoms with Crippen LogP contribution in [-0.4, -0.2) is 50.8 Å². The van der Waals surface area contributed by atoms with Gasteiger partial charge in [-0.25, -0.2) is 4.98 Å². The molecule has 0 bridgehead atoms. The molecule has 2 rings (SSSR count). The third-order valence-corrected chi connectivity index (χ3v) is 3.51. The lowest BCUT2D eigenvalue weighted by atomic mass is 10.2. The van der Waals surface area contributed by atoms with E-state index >= 15 is 0 Å². The largest absolute Gasteiger partial charge is 0.394 e. The monoisotopic (exact) mass is 320 g/mol. The Morgan fingerprint density at radius 3 is 2.60 bits per heavy atom. The Hall–Kier alpha value is -0.890. The van der Waals surface area contributed by atoms with Crippen molar-refractivity contribution in [2.45, 2.75) is 12.3 Å². The molecule has 0 amide bonds. The lowest BCUT2D eigenvalue weighted by Crippen LogP contribution is -2.30. The maximum absolute atomic E-state index is 9.84. The number of aliphatic hydroxyl groups excluding tert-OH is 3. The molecule has 1 heterocycles. The standard InChI is InChI=1S/C12H14Cl2N2O4/c13-7-3-9-10(4-8(7)14)16(6-15-9)12(11(19)5-18)20-2-1-17/h3-4,6,11-12,17-19H,1-2,5H2/t11-,12-/m1/s1. The van der Waals surface area contributed by atoms with Gasteiger partial charge in [0.15, 0.2) is 6.23 Å². The highest BCUT2D eigenvalue weighted by Crippen LogP contribution is 2.29. The number of rotatable bonds is 6. The normalized spacial score (nSPS) is 14.7. The van der Waals surface area contributed by atoms with E-state index in [0.29, 0.717) is 21.1 Å². The molecule has 0 aliphatic carbocycles. The number of nitrogens with zero attached hydrogens (tertiary/aromatic N) is 2. The van der Waals surface area contributed by atoms with Crippen molar-refractivity contribution in [1.82, 2.24) is 9.55 Å². The summed E-state index contributed by atoms with van der Waals surface area (Å²) in [6.07, 6.45) is -0.582. The summed E-state index contributed by atoms with van der Waals surface area (Å²) in [5.74, 6) is 0. The number of hydrogen-bond acceptors (Lipinski definition) is 5. The molecule has 0 aliphatic rings. The van der Waals surface area contributed by atoms with Crippen LogP contribution in [0.5, 0.6) is 0 Å². The molecular weight excluding hydrogens is 307 g/mol. The van der Waals surface area contributed by atoms with Crippen LogP contribution in [0.25, 0.3) is 11.0 Å². The van der Waals surface area contributed by atoms with Crippen molar-refractivity contribution in [2.75, 3.05) is 19.8 Å². The van der Waals surface area contributed by atoms with Gasteiger partial charge in [-0.1, -0.05) is 23.2 Å². The van der Waals surface area contributed by atoms with Gasteiger partial charge in [0.25, 0.3) is 0 Å². The summed E-state index contributed by atoms with van der Waals surface area (Å²) in [5, 5.41) is 28.5. The molecule has 3 N–H and O–H groups in total. The quantitative estimate of drug-likeness (QED) is 0.744. The zero-order valence-corrected chi connectivity index (χ0v) is 11.9. The fraction of sp³-hybridized carbons (Fsp3) is 0.417.